The van der Waals surface area contributed by atoms with Gasteiger partial charge in [0.25, 0.3) is 0 Å². The van der Waals surface area contributed by atoms with E-state index in [-0.39, 0.29) is 0 Å². The lowest BCUT2D eigenvalue weighted by atomic mass is 10.2. The van der Waals surface area contributed by atoms with Gasteiger partial charge in [0.1, 0.15) is 23.0 Å². The first-order valence-electron chi connectivity index (χ1n) is 9.57. The molecule has 3 nitrogen and oxygen atoms in total. The summed E-state index contributed by atoms with van der Waals surface area (Å²) in [5.74, 6) is 3.24. The summed E-state index contributed by atoms with van der Waals surface area (Å²) < 4.78 is 17.7. The van der Waals surface area contributed by atoms with Crippen LogP contribution in [-0.2, 0) is 18.0 Å². The van der Waals surface area contributed by atoms with Crippen molar-refractivity contribution in [1.29, 1.82) is 0 Å². The molecule has 0 radical (unpaired) electrons. The first kappa shape index (κ1) is 18.8. The van der Waals surface area contributed by atoms with Crippen molar-refractivity contribution in [1.82, 2.24) is 0 Å². The molecule has 4 rings (SSSR count). The van der Waals surface area contributed by atoms with Gasteiger partial charge in [-0.1, -0.05) is 60.7 Å². The lowest BCUT2D eigenvalue weighted by molar-refractivity contribution is 0.107. The van der Waals surface area contributed by atoms with Gasteiger partial charge in [-0.3, -0.25) is 0 Å². The van der Waals surface area contributed by atoms with E-state index in [1.165, 1.54) is 0 Å². The summed E-state index contributed by atoms with van der Waals surface area (Å²) in [5.41, 5.74) is 2.13. The fourth-order valence-electron chi connectivity index (χ4n) is 2.93. The molecule has 0 saturated carbocycles. The van der Waals surface area contributed by atoms with Gasteiger partial charge in [0.2, 0.25) is 0 Å². The van der Waals surface area contributed by atoms with Crippen LogP contribution in [0.2, 0.25) is 0 Å². The molecule has 4 aromatic rings. The van der Waals surface area contributed by atoms with E-state index < -0.39 is 0 Å². The SMILES string of the molecule is c1ccc(Oc2cccc(COCc3cccc(Oc4ccccc4)c3)c2)cc1. The van der Waals surface area contributed by atoms with Crippen molar-refractivity contribution in [2.45, 2.75) is 13.2 Å². The first-order valence-corrected chi connectivity index (χ1v) is 9.57. The summed E-state index contributed by atoms with van der Waals surface area (Å²) in [6.45, 7) is 1.02. The fourth-order valence-corrected chi connectivity index (χ4v) is 2.93. The van der Waals surface area contributed by atoms with E-state index in [9.17, 15) is 0 Å². The molecule has 0 fully saturated rings. The van der Waals surface area contributed by atoms with Crippen LogP contribution < -0.4 is 9.47 Å². The van der Waals surface area contributed by atoms with Crippen molar-refractivity contribution in [3.8, 4) is 23.0 Å². The molecule has 144 valence electrons. The second kappa shape index (κ2) is 9.58. The molecule has 0 N–H and O–H groups in total. The molecular formula is C26H22O3. The summed E-state index contributed by atoms with van der Waals surface area (Å²) in [4.78, 5) is 0. The zero-order valence-electron chi connectivity index (χ0n) is 16.0. The highest BCUT2D eigenvalue weighted by molar-refractivity contribution is 5.35. The Morgan fingerprint density at radius 1 is 0.414 bits per heavy atom. The maximum Gasteiger partial charge on any atom is 0.127 e. The molecule has 0 spiro atoms. The number of rotatable bonds is 8. The molecule has 3 heteroatoms. The Hall–Kier alpha value is -3.56. The number of hydrogen-bond donors (Lipinski definition) is 0. The van der Waals surface area contributed by atoms with E-state index in [1.54, 1.807) is 0 Å². The third-order valence-corrected chi connectivity index (χ3v) is 4.29. The van der Waals surface area contributed by atoms with E-state index in [0.717, 1.165) is 34.1 Å². The van der Waals surface area contributed by atoms with E-state index in [0.29, 0.717) is 13.2 Å². The summed E-state index contributed by atoms with van der Waals surface area (Å²) in [6, 6.07) is 35.4. The summed E-state index contributed by atoms with van der Waals surface area (Å²) in [7, 11) is 0. The van der Waals surface area contributed by atoms with Crippen LogP contribution >= 0.6 is 0 Å². The van der Waals surface area contributed by atoms with Crippen molar-refractivity contribution in [2.24, 2.45) is 0 Å². The zero-order chi connectivity index (χ0) is 19.7. The van der Waals surface area contributed by atoms with E-state index in [1.807, 2.05) is 109 Å². The average Bonchev–Trinajstić information content (AvgIpc) is 2.76. The molecule has 0 heterocycles. The van der Waals surface area contributed by atoms with Crippen LogP contribution in [0.3, 0.4) is 0 Å². The molecule has 4 aromatic carbocycles. The molecule has 29 heavy (non-hydrogen) atoms. The lowest BCUT2D eigenvalue weighted by Gasteiger charge is -2.10. The van der Waals surface area contributed by atoms with Gasteiger partial charge in [-0.2, -0.15) is 0 Å². The van der Waals surface area contributed by atoms with Gasteiger partial charge < -0.3 is 14.2 Å². The monoisotopic (exact) mass is 382 g/mol. The second-order valence-corrected chi connectivity index (χ2v) is 6.62. The Balaban J connectivity index is 1.32. The van der Waals surface area contributed by atoms with Crippen molar-refractivity contribution in [3.63, 3.8) is 0 Å². The molecule has 0 aromatic heterocycles. The van der Waals surface area contributed by atoms with Crippen LogP contribution in [-0.4, -0.2) is 0 Å². The molecule has 0 unspecified atom stereocenters. The highest BCUT2D eigenvalue weighted by Crippen LogP contribution is 2.24. The van der Waals surface area contributed by atoms with E-state index in [2.05, 4.69) is 0 Å². The zero-order valence-corrected chi connectivity index (χ0v) is 16.0. The minimum absolute atomic E-state index is 0.510. The van der Waals surface area contributed by atoms with Crippen molar-refractivity contribution in [3.05, 3.63) is 120 Å². The Morgan fingerprint density at radius 3 is 1.28 bits per heavy atom. The molecule has 0 aliphatic carbocycles. The lowest BCUT2D eigenvalue weighted by Crippen LogP contribution is -1.95. The highest BCUT2D eigenvalue weighted by atomic mass is 16.5. The number of hydrogen-bond acceptors (Lipinski definition) is 3. The van der Waals surface area contributed by atoms with Gasteiger partial charge >= 0.3 is 0 Å². The van der Waals surface area contributed by atoms with E-state index in [4.69, 9.17) is 14.2 Å². The van der Waals surface area contributed by atoms with Gasteiger partial charge in [0.15, 0.2) is 0 Å². The van der Waals surface area contributed by atoms with Crippen LogP contribution in [0, 0.1) is 0 Å². The predicted octanol–water partition coefficient (Wildman–Crippen LogP) is 6.99. The van der Waals surface area contributed by atoms with Crippen molar-refractivity contribution < 1.29 is 14.2 Å². The largest absolute Gasteiger partial charge is 0.457 e. The number of benzene rings is 4. The van der Waals surface area contributed by atoms with Crippen LogP contribution in [0.4, 0.5) is 0 Å². The standard InChI is InChI=1S/C26H22O3/c1-3-11-23(12-4-1)28-25-15-7-9-21(17-25)19-27-20-22-10-8-16-26(18-22)29-24-13-5-2-6-14-24/h1-18H,19-20H2. The Kier molecular flexibility index (Phi) is 6.21. The minimum atomic E-state index is 0.510. The fraction of sp³-hybridized carbons (Fsp3) is 0.0769. The maximum absolute atomic E-state index is 5.91. The second-order valence-electron chi connectivity index (χ2n) is 6.62. The molecule has 0 aliphatic rings. The maximum atomic E-state index is 5.91. The molecule has 0 atom stereocenters. The van der Waals surface area contributed by atoms with Crippen LogP contribution in [0.25, 0.3) is 0 Å². The smallest absolute Gasteiger partial charge is 0.127 e. The quantitative estimate of drug-likeness (QED) is 0.329. The van der Waals surface area contributed by atoms with Gasteiger partial charge in [0, 0.05) is 0 Å². The summed E-state index contributed by atoms with van der Waals surface area (Å²) in [5, 5.41) is 0. The summed E-state index contributed by atoms with van der Waals surface area (Å²) >= 11 is 0. The van der Waals surface area contributed by atoms with Crippen LogP contribution in [0.5, 0.6) is 23.0 Å². The van der Waals surface area contributed by atoms with Crippen molar-refractivity contribution in [2.75, 3.05) is 0 Å². The van der Waals surface area contributed by atoms with Gasteiger partial charge in [-0.15, -0.1) is 0 Å². The van der Waals surface area contributed by atoms with Gasteiger partial charge in [-0.25, -0.2) is 0 Å². The van der Waals surface area contributed by atoms with Crippen LogP contribution in [0.1, 0.15) is 11.1 Å². The Bertz CT molecular complexity index is 945. The normalized spacial score (nSPS) is 10.5. The van der Waals surface area contributed by atoms with Crippen LogP contribution in [0.15, 0.2) is 109 Å². The Labute approximate surface area is 171 Å². The molecule has 0 saturated heterocycles. The molecular weight excluding hydrogens is 360 g/mol. The average molecular weight is 382 g/mol. The third kappa shape index (κ3) is 5.71. The molecule has 0 amide bonds. The number of ether oxygens (including phenoxy) is 3. The minimum Gasteiger partial charge on any atom is -0.457 e. The van der Waals surface area contributed by atoms with Gasteiger partial charge in [0.05, 0.1) is 13.2 Å². The third-order valence-electron chi connectivity index (χ3n) is 4.29. The molecule has 0 bridgehead atoms. The van der Waals surface area contributed by atoms with E-state index >= 15 is 0 Å². The Morgan fingerprint density at radius 2 is 0.828 bits per heavy atom. The van der Waals surface area contributed by atoms with Gasteiger partial charge in [-0.05, 0) is 59.7 Å². The highest BCUT2D eigenvalue weighted by Gasteiger charge is 2.02. The number of para-hydroxylation sites is 2. The predicted molar refractivity (Wildman–Crippen MR) is 114 cm³/mol. The molecule has 0 aliphatic heterocycles. The summed E-state index contributed by atoms with van der Waals surface area (Å²) in [6.07, 6.45) is 0. The van der Waals surface area contributed by atoms with Crippen molar-refractivity contribution >= 4 is 0 Å². The topological polar surface area (TPSA) is 27.7 Å². The first-order chi connectivity index (χ1) is 14.3.